The Morgan fingerprint density at radius 1 is 1.18 bits per heavy atom. The summed E-state index contributed by atoms with van der Waals surface area (Å²) in [6.07, 6.45) is 1.44. The van der Waals surface area contributed by atoms with E-state index in [1.807, 2.05) is 37.3 Å². The lowest BCUT2D eigenvalue weighted by atomic mass is 10.1. The first-order valence-corrected chi connectivity index (χ1v) is 10.4. The van der Waals surface area contributed by atoms with Crippen molar-refractivity contribution in [2.24, 2.45) is 4.40 Å². The minimum atomic E-state index is -4.14. The molecule has 28 heavy (non-hydrogen) atoms. The van der Waals surface area contributed by atoms with Gasteiger partial charge in [0.2, 0.25) is 0 Å². The second kappa shape index (κ2) is 8.16. The van der Waals surface area contributed by atoms with E-state index in [0.717, 1.165) is 11.1 Å². The van der Waals surface area contributed by atoms with Crippen LogP contribution in [0.2, 0.25) is 5.02 Å². The molecule has 146 valence electrons. The Morgan fingerprint density at radius 2 is 1.89 bits per heavy atom. The molecule has 0 N–H and O–H groups in total. The van der Waals surface area contributed by atoms with Crippen molar-refractivity contribution in [1.29, 1.82) is 0 Å². The fourth-order valence-electron chi connectivity index (χ4n) is 2.77. The summed E-state index contributed by atoms with van der Waals surface area (Å²) in [5.41, 5.74) is 2.27. The van der Waals surface area contributed by atoms with Crippen molar-refractivity contribution < 1.29 is 17.9 Å². The van der Waals surface area contributed by atoms with Gasteiger partial charge in [-0.15, -0.1) is 4.40 Å². The maximum absolute atomic E-state index is 12.9. The van der Waals surface area contributed by atoms with E-state index in [2.05, 4.69) is 4.40 Å². The first kappa shape index (κ1) is 20.1. The number of carbonyl (C=O) groups excluding carboxylic acids is 1. The molecule has 0 saturated heterocycles. The molecule has 0 fully saturated rings. The van der Waals surface area contributed by atoms with Gasteiger partial charge in [-0.05, 0) is 48.7 Å². The lowest BCUT2D eigenvalue weighted by Gasteiger charge is -2.28. The number of hydrogen-bond acceptors (Lipinski definition) is 4. The number of aryl methyl sites for hydroxylation is 1. The van der Waals surface area contributed by atoms with Gasteiger partial charge in [-0.25, -0.2) is 9.10 Å². The van der Waals surface area contributed by atoms with Crippen molar-refractivity contribution >= 4 is 39.2 Å². The van der Waals surface area contributed by atoms with E-state index in [1.165, 1.54) is 10.4 Å². The third-order valence-electron chi connectivity index (χ3n) is 4.14. The Balaban J connectivity index is 2.12. The number of hydrogen-bond donors (Lipinski definition) is 0. The van der Waals surface area contributed by atoms with Gasteiger partial charge < -0.3 is 4.74 Å². The average Bonchev–Trinajstić information content (AvgIpc) is 2.66. The summed E-state index contributed by atoms with van der Waals surface area (Å²) in [5.74, 6) is -0.784. The largest absolute Gasteiger partial charge is 0.461 e. The van der Waals surface area contributed by atoms with Gasteiger partial charge in [0.25, 0.3) is 0 Å². The SMILES string of the molecule is CCOC(=O)C1=NS(=O)(=O)N(Cc2ccccc2)C(c2ccc(Cl)c(C)c2)=C1. The van der Waals surface area contributed by atoms with Crippen LogP contribution in [0.3, 0.4) is 0 Å². The molecule has 2 aromatic carbocycles. The molecule has 6 nitrogen and oxygen atoms in total. The summed E-state index contributed by atoms with van der Waals surface area (Å²) in [6, 6.07) is 14.3. The number of ether oxygens (including phenoxy) is 1. The predicted octanol–water partition coefficient (Wildman–Crippen LogP) is 3.75. The molecule has 1 aliphatic heterocycles. The molecule has 1 aliphatic rings. The average molecular weight is 419 g/mol. The fourth-order valence-corrected chi connectivity index (χ4v) is 4.09. The number of halogens is 1. The molecule has 0 aromatic heterocycles. The molecule has 0 spiro atoms. The lowest BCUT2D eigenvalue weighted by Crippen LogP contribution is -2.34. The third-order valence-corrected chi connectivity index (χ3v) is 5.88. The summed E-state index contributed by atoms with van der Waals surface area (Å²) >= 11 is 6.11. The monoisotopic (exact) mass is 418 g/mol. The van der Waals surface area contributed by atoms with Crippen LogP contribution in [0.5, 0.6) is 0 Å². The summed E-state index contributed by atoms with van der Waals surface area (Å²) in [5, 5.41) is 0.567. The number of benzene rings is 2. The van der Waals surface area contributed by atoms with Crippen molar-refractivity contribution in [1.82, 2.24) is 4.31 Å². The highest BCUT2D eigenvalue weighted by atomic mass is 35.5. The van der Waals surface area contributed by atoms with Gasteiger partial charge in [-0.2, -0.15) is 8.42 Å². The van der Waals surface area contributed by atoms with Crippen LogP contribution in [-0.2, 0) is 26.3 Å². The highest BCUT2D eigenvalue weighted by Crippen LogP contribution is 2.31. The zero-order valence-electron chi connectivity index (χ0n) is 15.4. The minimum Gasteiger partial charge on any atom is -0.461 e. The van der Waals surface area contributed by atoms with Gasteiger partial charge in [-0.3, -0.25) is 0 Å². The number of esters is 1. The second-order valence-corrected chi connectivity index (χ2v) is 8.09. The molecule has 2 aromatic rings. The lowest BCUT2D eigenvalue weighted by molar-refractivity contribution is -0.134. The van der Waals surface area contributed by atoms with Crippen LogP contribution in [0.25, 0.3) is 5.70 Å². The molecular weight excluding hydrogens is 400 g/mol. The maximum Gasteiger partial charge on any atom is 0.357 e. The highest BCUT2D eigenvalue weighted by molar-refractivity contribution is 7.88. The Morgan fingerprint density at radius 3 is 2.54 bits per heavy atom. The Labute approximate surface area is 169 Å². The Hall–Kier alpha value is -2.64. The quantitative estimate of drug-likeness (QED) is 0.693. The van der Waals surface area contributed by atoms with Crippen LogP contribution in [0, 0.1) is 6.92 Å². The topological polar surface area (TPSA) is 76.0 Å². The van der Waals surface area contributed by atoms with E-state index >= 15 is 0 Å². The van der Waals surface area contributed by atoms with E-state index in [-0.39, 0.29) is 18.9 Å². The summed E-state index contributed by atoms with van der Waals surface area (Å²) in [4.78, 5) is 12.1. The standard InChI is InChI=1S/C20H19ClN2O4S/c1-3-27-20(24)18-12-19(16-9-10-17(21)14(2)11-16)23(28(25,26)22-18)13-15-7-5-4-6-8-15/h4-12H,3,13H2,1-2H3. The van der Waals surface area contributed by atoms with Gasteiger partial charge in [0, 0.05) is 5.02 Å². The van der Waals surface area contributed by atoms with Crippen molar-refractivity contribution in [3.63, 3.8) is 0 Å². The van der Waals surface area contributed by atoms with Crippen molar-refractivity contribution in [3.05, 3.63) is 76.3 Å². The Kier molecular flexibility index (Phi) is 5.86. The molecule has 0 radical (unpaired) electrons. The minimum absolute atomic E-state index is 0.0796. The highest BCUT2D eigenvalue weighted by Gasteiger charge is 2.32. The first-order chi connectivity index (χ1) is 13.3. The van der Waals surface area contributed by atoms with Gasteiger partial charge in [0.05, 0.1) is 18.8 Å². The van der Waals surface area contributed by atoms with E-state index in [0.29, 0.717) is 16.3 Å². The second-order valence-electron chi connectivity index (χ2n) is 6.16. The number of carbonyl (C=O) groups is 1. The van der Waals surface area contributed by atoms with E-state index in [1.54, 1.807) is 25.1 Å². The molecule has 0 aliphatic carbocycles. The van der Waals surface area contributed by atoms with Crippen LogP contribution in [0.4, 0.5) is 0 Å². The molecular formula is C20H19ClN2O4S. The predicted molar refractivity (Wildman–Crippen MR) is 109 cm³/mol. The van der Waals surface area contributed by atoms with Crippen LogP contribution < -0.4 is 0 Å². The molecule has 8 heteroatoms. The van der Waals surface area contributed by atoms with E-state index in [9.17, 15) is 13.2 Å². The molecule has 0 unspecified atom stereocenters. The number of rotatable bonds is 5. The van der Waals surface area contributed by atoms with Crippen molar-refractivity contribution in [2.45, 2.75) is 20.4 Å². The van der Waals surface area contributed by atoms with Gasteiger partial charge in [-0.1, -0.05) is 48.0 Å². The van der Waals surface area contributed by atoms with Crippen LogP contribution in [-0.4, -0.2) is 31.0 Å². The van der Waals surface area contributed by atoms with Crippen molar-refractivity contribution in [2.75, 3.05) is 6.61 Å². The molecule has 3 rings (SSSR count). The molecule has 0 bridgehead atoms. The number of nitrogens with zero attached hydrogens (tertiary/aromatic N) is 2. The van der Waals surface area contributed by atoms with Crippen molar-refractivity contribution in [3.8, 4) is 0 Å². The zero-order chi connectivity index (χ0) is 20.3. The summed E-state index contributed by atoms with van der Waals surface area (Å²) < 4.78 is 35.6. The molecule has 0 saturated carbocycles. The van der Waals surface area contributed by atoms with E-state index in [4.69, 9.17) is 16.3 Å². The third kappa shape index (κ3) is 4.26. The molecule has 1 heterocycles. The summed E-state index contributed by atoms with van der Waals surface area (Å²) in [6.45, 7) is 3.67. The van der Waals surface area contributed by atoms with Gasteiger partial charge in [0.1, 0.15) is 0 Å². The fraction of sp³-hybridized carbons (Fsp3) is 0.200. The van der Waals surface area contributed by atoms with E-state index < -0.39 is 16.2 Å². The van der Waals surface area contributed by atoms with Crippen LogP contribution in [0.15, 0.2) is 59.0 Å². The normalized spacial score (nSPS) is 15.6. The van der Waals surface area contributed by atoms with Gasteiger partial charge >= 0.3 is 16.2 Å². The van der Waals surface area contributed by atoms with Crippen LogP contribution >= 0.6 is 11.6 Å². The smallest absolute Gasteiger partial charge is 0.357 e. The Bertz CT molecular complexity index is 1060. The molecule has 0 atom stereocenters. The van der Waals surface area contributed by atoms with Gasteiger partial charge in [0.15, 0.2) is 5.71 Å². The zero-order valence-corrected chi connectivity index (χ0v) is 17.0. The molecule has 0 amide bonds. The van der Waals surface area contributed by atoms with Crippen LogP contribution in [0.1, 0.15) is 23.6 Å². The summed E-state index contributed by atoms with van der Waals surface area (Å²) in [7, 11) is -4.14. The maximum atomic E-state index is 12.9. The first-order valence-electron chi connectivity index (χ1n) is 8.63.